The van der Waals surface area contributed by atoms with E-state index in [4.69, 9.17) is 4.74 Å². The Morgan fingerprint density at radius 3 is 2.62 bits per heavy atom. The number of nitrogens with zero attached hydrogens (tertiary/aromatic N) is 1. The van der Waals surface area contributed by atoms with Crippen LogP contribution in [0.15, 0.2) is 53.3 Å². The Morgan fingerprint density at radius 1 is 1.04 bits per heavy atom. The Kier molecular flexibility index (Phi) is 5.39. The quantitative estimate of drug-likeness (QED) is 0.660. The molecule has 0 radical (unpaired) electrons. The molecule has 24 heavy (non-hydrogen) atoms. The maximum absolute atomic E-state index is 12.2. The van der Waals surface area contributed by atoms with Gasteiger partial charge in [-0.15, -0.1) is 0 Å². The van der Waals surface area contributed by atoms with Gasteiger partial charge in [-0.3, -0.25) is 4.79 Å². The van der Waals surface area contributed by atoms with Gasteiger partial charge < -0.3 is 9.72 Å². The van der Waals surface area contributed by atoms with E-state index in [0.717, 1.165) is 24.2 Å². The minimum Gasteiger partial charge on any atom is -0.377 e. The molecule has 1 heterocycles. The van der Waals surface area contributed by atoms with Gasteiger partial charge in [0.15, 0.2) is 0 Å². The van der Waals surface area contributed by atoms with E-state index in [2.05, 4.69) is 16.9 Å². The highest BCUT2D eigenvalue weighted by Gasteiger charge is 2.05. The van der Waals surface area contributed by atoms with Crippen LogP contribution < -0.4 is 5.56 Å². The second-order valence-corrected chi connectivity index (χ2v) is 5.89. The molecule has 0 aliphatic heterocycles. The van der Waals surface area contributed by atoms with E-state index in [1.807, 2.05) is 42.5 Å². The number of H-pyrrole nitrogens is 1. The number of unbranched alkanes of at least 4 members (excludes halogenated alkanes) is 2. The van der Waals surface area contributed by atoms with E-state index >= 15 is 0 Å². The highest BCUT2D eigenvalue weighted by molar-refractivity contribution is 5.79. The summed E-state index contributed by atoms with van der Waals surface area (Å²) in [6.45, 7) is 3.60. The Hall–Kier alpha value is -2.46. The van der Waals surface area contributed by atoms with Crippen LogP contribution in [0.25, 0.3) is 22.3 Å². The molecule has 0 saturated carbocycles. The van der Waals surface area contributed by atoms with E-state index < -0.39 is 0 Å². The van der Waals surface area contributed by atoms with Gasteiger partial charge >= 0.3 is 0 Å². The van der Waals surface area contributed by atoms with Gasteiger partial charge in [0.1, 0.15) is 5.82 Å². The van der Waals surface area contributed by atoms with Crippen molar-refractivity contribution in [3.63, 3.8) is 0 Å². The summed E-state index contributed by atoms with van der Waals surface area (Å²) in [5.41, 5.74) is 2.62. The number of nitrogens with one attached hydrogen (secondary N) is 1. The van der Waals surface area contributed by atoms with Crippen LogP contribution in [0.4, 0.5) is 0 Å². The third-order valence-electron chi connectivity index (χ3n) is 4.00. The van der Waals surface area contributed by atoms with Crippen LogP contribution in [0, 0.1) is 0 Å². The van der Waals surface area contributed by atoms with Gasteiger partial charge in [0.05, 0.1) is 17.5 Å². The second-order valence-electron chi connectivity index (χ2n) is 5.89. The van der Waals surface area contributed by atoms with E-state index in [1.54, 1.807) is 6.07 Å². The molecule has 4 nitrogen and oxygen atoms in total. The fraction of sp³-hybridized carbons (Fsp3) is 0.300. The maximum atomic E-state index is 12.2. The molecule has 3 aromatic rings. The van der Waals surface area contributed by atoms with Crippen molar-refractivity contribution in [2.45, 2.75) is 32.8 Å². The maximum Gasteiger partial charge on any atom is 0.259 e. The zero-order valence-corrected chi connectivity index (χ0v) is 13.9. The molecule has 3 rings (SSSR count). The first-order chi connectivity index (χ1) is 11.8. The minimum atomic E-state index is -0.112. The predicted octanol–water partition coefficient (Wildman–Crippen LogP) is 4.30. The largest absolute Gasteiger partial charge is 0.377 e. The summed E-state index contributed by atoms with van der Waals surface area (Å²) in [6, 6.07) is 15.3. The van der Waals surface area contributed by atoms with Crippen LogP contribution in [-0.2, 0) is 11.3 Å². The fourth-order valence-electron chi connectivity index (χ4n) is 2.63. The molecule has 1 aromatic heterocycles. The average Bonchev–Trinajstić information content (AvgIpc) is 2.62. The summed E-state index contributed by atoms with van der Waals surface area (Å²) in [4.78, 5) is 19.6. The summed E-state index contributed by atoms with van der Waals surface area (Å²) in [6.07, 6.45) is 3.52. The van der Waals surface area contributed by atoms with E-state index in [1.165, 1.54) is 12.8 Å². The van der Waals surface area contributed by atoms with E-state index in [0.29, 0.717) is 23.3 Å². The van der Waals surface area contributed by atoms with Gasteiger partial charge in [0, 0.05) is 12.2 Å². The molecule has 0 saturated heterocycles. The fourth-order valence-corrected chi connectivity index (χ4v) is 2.63. The first-order valence-electron chi connectivity index (χ1n) is 8.44. The lowest BCUT2D eigenvalue weighted by atomic mass is 10.1. The van der Waals surface area contributed by atoms with Gasteiger partial charge in [-0.05, 0) is 24.1 Å². The van der Waals surface area contributed by atoms with Crippen LogP contribution >= 0.6 is 0 Å². The number of benzene rings is 2. The van der Waals surface area contributed by atoms with Crippen molar-refractivity contribution >= 4 is 10.9 Å². The molecule has 0 aliphatic rings. The van der Waals surface area contributed by atoms with Crippen molar-refractivity contribution in [3.05, 3.63) is 64.4 Å². The standard InChI is InChI=1S/C20H22N2O2/c1-2-3-6-13-24-14-15-9-11-16(12-10-15)19-21-18-8-5-4-7-17(18)20(23)22-19/h4-5,7-12H,2-3,6,13-14H2,1H3,(H,21,22,23). The zero-order valence-electron chi connectivity index (χ0n) is 13.9. The lowest BCUT2D eigenvalue weighted by Crippen LogP contribution is -2.09. The van der Waals surface area contributed by atoms with E-state index in [-0.39, 0.29) is 5.56 Å². The van der Waals surface area contributed by atoms with Gasteiger partial charge in [-0.25, -0.2) is 4.98 Å². The normalized spacial score (nSPS) is 11.0. The molecule has 1 N–H and O–H groups in total. The number of hydrogen-bond acceptors (Lipinski definition) is 3. The molecular formula is C20H22N2O2. The lowest BCUT2D eigenvalue weighted by molar-refractivity contribution is 0.117. The summed E-state index contributed by atoms with van der Waals surface area (Å²) < 4.78 is 5.67. The summed E-state index contributed by atoms with van der Waals surface area (Å²) in [5, 5.41) is 0.610. The lowest BCUT2D eigenvalue weighted by Gasteiger charge is -2.06. The first-order valence-corrected chi connectivity index (χ1v) is 8.44. The SMILES string of the molecule is CCCCCOCc1ccc(-c2nc3ccccc3c(=O)[nH]2)cc1. The Balaban J connectivity index is 1.73. The number of ether oxygens (including phenoxy) is 1. The number of rotatable bonds is 7. The molecule has 0 aliphatic carbocycles. The monoisotopic (exact) mass is 322 g/mol. The third-order valence-corrected chi connectivity index (χ3v) is 4.00. The highest BCUT2D eigenvalue weighted by atomic mass is 16.5. The molecular weight excluding hydrogens is 300 g/mol. The topological polar surface area (TPSA) is 55.0 Å². The summed E-state index contributed by atoms with van der Waals surface area (Å²) in [5.74, 6) is 0.592. The third kappa shape index (κ3) is 3.89. The van der Waals surface area contributed by atoms with Crippen molar-refractivity contribution in [2.75, 3.05) is 6.61 Å². The number of aromatic amines is 1. The number of hydrogen-bond donors (Lipinski definition) is 1. The van der Waals surface area contributed by atoms with Crippen LogP contribution in [0.1, 0.15) is 31.7 Å². The zero-order chi connectivity index (χ0) is 16.8. The average molecular weight is 322 g/mol. The summed E-state index contributed by atoms with van der Waals surface area (Å²) in [7, 11) is 0. The molecule has 0 atom stereocenters. The van der Waals surface area contributed by atoms with Crippen molar-refractivity contribution in [1.29, 1.82) is 0 Å². The second kappa shape index (κ2) is 7.88. The van der Waals surface area contributed by atoms with Crippen LogP contribution in [0.3, 0.4) is 0 Å². The van der Waals surface area contributed by atoms with E-state index in [9.17, 15) is 4.79 Å². The minimum absolute atomic E-state index is 0.112. The molecule has 4 heteroatoms. The molecule has 124 valence electrons. The Bertz CT molecular complexity index is 853. The van der Waals surface area contributed by atoms with Crippen LogP contribution in [0.5, 0.6) is 0 Å². The van der Waals surface area contributed by atoms with Crippen molar-refractivity contribution in [3.8, 4) is 11.4 Å². The molecule has 0 unspecified atom stereocenters. The van der Waals surface area contributed by atoms with Gasteiger partial charge in [0.2, 0.25) is 0 Å². The number of aromatic nitrogens is 2. The van der Waals surface area contributed by atoms with Crippen LogP contribution in [0.2, 0.25) is 0 Å². The number of para-hydroxylation sites is 1. The van der Waals surface area contributed by atoms with Crippen molar-refractivity contribution < 1.29 is 4.74 Å². The van der Waals surface area contributed by atoms with Crippen molar-refractivity contribution in [2.24, 2.45) is 0 Å². The molecule has 0 spiro atoms. The van der Waals surface area contributed by atoms with Crippen molar-refractivity contribution in [1.82, 2.24) is 9.97 Å². The van der Waals surface area contributed by atoms with Gasteiger partial charge in [-0.1, -0.05) is 56.2 Å². The molecule has 0 fully saturated rings. The first kappa shape index (κ1) is 16.4. The van der Waals surface area contributed by atoms with Gasteiger partial charge in [-0.2, -0.15) is 0 Å². The van der Waals surface area contributed by atoms with Crippen LogP contribution in [-0.4, -0.2) is 16.6 Å². The smallest absolute Gasteiger partial charge is 0.259 e. The summed E-state index contributed by atoms with van der Waals surface area (Å²) >= 11 is 0. The number of fused-ring (bicyclic) bond motifs is 1. The molecule has 0 amide bonds. The van der Waals surface area contributed by atoms with Gasteiger partial charge in [0.25, 0.3) is 5.56 Å². The molecule has 0 bridgehead atoms. The highest BCUT2D eigenvalue weighted by Crippen LogP contribution is 2.17. The Labute approximate surface area is 141 Å². The Morgan fingerprint density at radius 2 is 1.83 bits per heavy atom. The predicted molar refractivity (Wildman–Crippen MR) is 97.0 cm³/mol. The molecule has 2 aromatic carbocycles.